The lowest BCUT2D eigenvalue weighted by molar-refractivity contribution is 0.468. The lowest BCUT2D eigenvalue weighted by Gasteiger charge is -2.03. The van der Waals surface area contributed by atoms with Crippen LogP contribution in [0.1, 0.15) is 16.0 Å². The molecule has 4 aromatic rings. The Morgan fingerprint density at radius 1 is 0.964 bits per heavy atom. The van der Waals surface area contributed by atoms with Crippen molar-refractivity contribution in [1.82, 2.24) is 9.97 Å². The van der Waals surface area contributed by atoms with Gasteiger partial charge in [-0.15, -0.1) is 16.5 Å². The normalized spacial score (nSPS) is 11.5. The number of hydrogen-bond donors (Lipinski definition) is 1. The summed E-state index contributed by atoms with van der Waals surface area (Å²) < 4.78 is 1.22. The molecule has 0 radical (unpaired) electrons. The first kappa shape index (κ1) is 19.2. The van der Waals surface area contributed by atoms with Crippen LogP contribution in [0.4, 0.5) is 5.82 Å². The van der Waals surface area contributed by atoms with E-state index < -0.39 is 0 Å². The van der Waals surface area contributed by atoms with Crippen molar-refractivity contribution in [3.05, 3.63) is 79.8 Å². The van der Waals surface area contributed by atoms with Gasteiger partial charge in [0.25, 0.3) is 0 Å². The van der Waals surface area contributed by atoms with Crippen LogP contribution < -0.4 is 0 Å². The van der Waals surface area contributed by atoms with E-state index >= 15 is 0 Å². The Balaban J connectivity index is 1.56. The molecule has 0 spiro atoms. The predicted molar refractivity (Wildman–Crippen MR) is 118 cm³/mol. The second kappa shape index (κ2) is 8.46. The molecule has 0 saturated carbocycles. The zero-order valence-corrected chi connectivity index (χ0v) is 18.5. The molecule has 1 N–H and O–H groups in total. The topological polar surface area (TPSA) is 70.7 Å². The quantitative estimate of drug-likeness (QED) is 0.296. The first-order valence-electron chi connectivity index (χ1n) is 8.42. The fourth-order valence-electron chi connectivity index (χ4n) is 2.75. The highest BCUT2D eigenvalue weighted by atomic mass is 79.9. The number of phenols is 1. The van der Waals surface area contributed by atoms with E-state index in [-0.39, 0.29) is 5.75 Å². The minimum absolute atomic E-state index is 0.169. The van der Waals surface area contributed by atoms with E-state index in [9.17, 15) is 5.11 Å². The Morgan fingerprint density at radius 2 is 1.71 bits per heavy atom. The monoisotopic (exact) mass is 516 g/mol. The van der Waals surface area contributed by atoms with Crippen LogP contribution in [-0.4, -0.2) is 15.1 Å². The fraction of sp³-hybridized carbons (Fsp3) is 0.100. The summed E-state index contributed by atoms with van der Waals surface area (Å²) in [6, 6.07) is 16.1. The maximum Gasteiger partial charge on any atom is 0.185 e. The molecule has 140 valence electrons. The second-order valence-electron chi connectivity index (χ2n) is 6.10. The number of phenolic OH excluding ortho intramolecular Hbond substituents is 1. The van der Waals surface area contributed by atoms with Gasteiger partial charge in [-0.05, 0) is 61.2 Å². The molecule has 0 saturated heterocycles. The third-order valence-electron chi connectivity index (χ3n) is 4.08. The van der Waals surface area contributed by atoms with Gasteiger partial charge in [-0.1, -0.05) is 30.3 Å². The summed E-state index contributed by atoms with van der Waals surface area (Å²) in [7, 11) is 0. The number of nitrogens with zero attached hydrogens (tertiary/aromatic N) is 4. The summed E-state index contributed by atoms with van der Waals surface area (Å²) in [5.74, 6) is 0.736. The summed E-state index contributed by atoms with van der Waals surface area (Å²) >= 11 is 8.30. The van der Waals surface area contributed by atoms with Crippen molar-refractivity contribution in [3.8, 4) is 5.75 Å². The van der Waals surface area contributed by atoms with Crippen molar-refractivity contribution < 1.29 is 5.11 Å². The Hall–Kier alpha value is -2.16. The van der Waals surface area contributed by atoms with Crippen molar-refractivity contribution in [1.29, 1.82) is 0 Å². The van der Waals surface area contributed by atoms with Crippen LogP contribution in [0.3, 0.4) is 0 Å². The number of aromatic hydroxyl groups is 1. The number of hydrogen-bond acceptors (Lipinski definition) is 6. The van der Waals surface area contributed by atoms with Gasteiger partial charge < -0.3 is 5.11 Å². The van der Waals surface area contributed by atoms with Gasteiger partial charge in [-0.2, -0.15) is 5.11 Å². The molecule has 0 fully saturated rings. The van der Waals surface area contributed by atoms with Crippen molar-refractivity contribution >= 4 is 59.2 Å². The Labute approximate surface area is 182 Å². The van der Waals surface area contributed by atoms with E-state index in [0.717, 1.165) is 22.2 Å². The van der Waals surface area contributed by atoms with Crippen LogP contribution in [-0.2, 0) is 13.0 Å². The van der Waals surface area contributed by atoms with Crippen LogP contribution in [0.5, 0.6) is 5.75 Å². The largest absolute Gasteiger partial charge is 0.506 e. The molecule has 0 bridgehead atoms. The summed E-state index contributed by atoms with van der Waals surface area (Å²) in [4.78, 5) is 10.8. The third-order valence-corrected chi connectivity index (χ3v) is 6.33. The summed E-state index contributed by atoms with van der Waals surface area (Å²) in [6.45, 7) is 0.379. The predicted octanol–water partition coefficient (Wildman–Crippen LogP) is 6.80. The lowest BCUT2D eigenvalue weighted by atomic mass is 10.1. The first-order valence-corrected chi connectivity index (χ1v) is 10.8. The summed E-state index contributed by atoms with van der Waals surface area (Å²) in [6.07, 6.45) is 2.38. The van der Waals surface area contributed by atoms with E-state index in [2.05, 4.69) is 70.3 Å². The third kappa shape index (κ3) is 4.29. The van der Waals surface area contributed by atoms with Crippen LogP contribution in [0, 0.1) is 0 Å². The molecular formula is C20H14Br2N4OS. The minimum Gasteiger partial charge on any atom is -0.506 e. The summed E-state index contributed by atoms with van der Waals surface area (Å²) in [5, 5.41) is 19.3. The van der Waals surface area contributed by atoms with E-state index in [1.165, 1.54) is 16.8 Å². The van der Waals surface area contributed by atoms with Crippen molar-refractivity contribution in [2.24, 2.45) is 10.2 Å². The zero-order valence-electron chi connectivity index (χ0n) is 14.5. The van der Waals surface area contributed by atoms with E-state index in [0.29, 0.717) is 21.3 Å². The molecule has 0 atom stereocenters. The number of halogens is 2. The van der Waals surface area contributed by atoms with E-state index in [1.54, 1.807) is 11.3 Å². The van der Waals surface area contributed by atoms with Gasteiger partial charge in [-0.25, -0.2) is 9.97 Å². The smallest absolute Gasteiger partial charge is 0.185 e. The molecule has 0 amide bonds. The van der Waals surface area contributed by atoms with Crippen LogP contribution in [0.25, 0.3) is 10.2 Å². The van der Waals surface area contributed by atoms with Gasteiger partial charge in [0.1, 0.15) is 16.9 Å². The van der Waals surface area contributed by atoms with Crippen LogP contribution in [0.15, 0.2) is 74.0 Å². The van der Waals surface area contributed by atoms with Gasteiger partial charge in [0, 0.05) is 11.3 Å². The first-order chi connectivity index (χ1) is 13.6. The lowest BCUT2D eigenvalue weighted by Crippen LogP contribution is -1.83. The van der Waals surface area contributed by atoms with Crippen molar-refractivity contribution in [2.75, 3.05) is 0 Å². The highest BCUT2D eigenvalue weighted by Gasteiger charge is 2.09. The zero-order chi connectivity index (χ0) is 19.5. The molecule has 28 heavy (non-hydrogen) atoms. The van der Waals surface area contributed by atoms with Gasteiger partial charge in [-0.3, -0.25) is 0 Å². The maximum absolute atomic E-state index is 9.80. The summed E-state index contributed by atoms with van der Waals surface area (Å²) in [5.41, 5.74) is 2.18. The average molecular weight is 518 g/mol. The number of benzene rings is 2. The molecule has 5 nitrogen and oxygen atoms in total. The Morgan fingerprint density at radius 3 is 2.46 bits per heavy atom. The maximum atomic E-state index is 9.80. The molecule has 0 aliphatic rings. The van der Waals surface area contributed by atoms with Crippen LogP contribution in [0.2, 0.25) is 0 Å². The van der Waals surface area contributed by atoms with Crippen LogP contribution >= 0.6 is 43.2 Å². The Bertz CT molecular complexity index is 1140. The molecule has 2 aromatic heterocycles. The Kier molecular flexibility index (Phi) is 5.79. The molecule has 0 aliphatic carbocycles. The molecule has 2 aromatic carbocycles. The second-order valence-corrected chi connectivity index (χ2v) is 8.92. The number of aromatic nitrogens is 2. The molecule has 0 aliphatic heterocycles. The molecule has 0 unspecified atom stereocenters. The highest BCUT2D eigenvalue weighted by Crippen LogP contribution is 2.34. The number of fused-ring (bicyclic) bond motifs is 1. The van der Waals surface area contributed by atoms with E-state index in [1.807, 2.05) is 30.3 Å². The van der Waals surface area contributed by atoms with Crippen molar-refractivity contribution in [2.45, 2.75) is 13.0 Å². The standard InChI is InChI=1S/C20H14Br2N4OS/c21-16-7-13(8-17(22)18(16)27)10-25-26-19-15-9-14(28-20(15)24-11-23-19)6-12-4-2-1-3-5-12/h1-5,7-9,11,27H,6,10H2. The number of rotatable bonds is 5. The molecule has 8 heteroatoms. The average Bonchev–Trinajstić information content (AvgIpc) is 3.10. The van der Waals surface area contributed by atoms with Gasteiger partial charge in [0.05, 0.1) is 20.9 Å². The molecule has 4 rings (SSSR count). The molecular weight excluding hydrogens is 504 g/mol. The van der Waals surface area contributed by atoms with Crippen molar-refractivity contribution in [3.63, 3.8) is 0 Å². The number of azo groups is 1. The van der Waals surface area contributed by atoms with Gasteiger partial charge >= 0.3 is 0 Å². The highest BCUT2D eigenvalue weighted by molar-refractivity contribution is 9.11. The van der Waals surface area contributed by atoms with E-state index in [4.69, 9.17) is 0 Å². The number of thiophene rings is 1. The minimum atomic E-state index is 0.169. The molecule has 2 heterocycles. The fourth-order valence-corrected chi connectivity index (χ4v) is 5.06. The van der Waals surface area contributed by atoms with Gasteiger partial charge in [0.2, 0.25) is 0 Å². The van der Waals surface area contributed by atoms with Gasteiger partial charge in [0.15, 0.2) is 5.82 Å². The SMILES string of the molecule is Oc1c(Br)cc(CN=Nc2ncnc3sc(Cc4ccccc4)cc23)cc1Br.